The number of alkyl halides is 2. The second-order valence-electron chi connectivity index (χ2n) is 4.06. The predicted molar refractivity (Wildman–Crippen MR) is 61.0 cm³/mol. The van der Waals surface area contributed by atoms with Crippen molar-refractivity contribution in [3.05, 3.63) is 29.6 Å². The largest absolute Gasteiger partial charge is 0.432 e. The van der Waals surface area contributed by atoms with Gasteiger partial charge in [-0.05, 0) is 23.6 Å². The Bertz CT molecular complexity index is 374. The number of aliphatic hydroxyl groups is 1. The summed E-state index contributed by atoms with van der Waals surface area (Å²) in [6, 6.07) is 3.83. The molecule has 1 aromatic carbocycles. The Labute approximate surface area is 104 Å². The van der Waals surface area contributed by atoms with E-state index in [1.807, 2.05) is 6.92 Å². The average molecular weight is 263 g/mol. The molecule has 1 unspecified atom stereocenters. The van der Waals surface area contributed by atoms with Crippen LogP contribution >= 0.6 is 0 Å². The van der Waals surface area contributed by atoms with Crippen molar-refractivity contribution < 1.29 is 23.0 Å². The summed E-state index contributed by atoms with van der Waals surface area (Å²) >= 11 is 0. The number of hydrogen-bond acceptors (Lipinski definition) is 3. The Balaban J connectivity index is 2.51. The van der Waals surface area contributed by atoms with Gasteiger partial charge in [-0.1, -0.05) is 13.0 Å². The van der Waals surface area contributed by atoms with Crippen molar-refractivity contribution in [3.8, 4) is 5.75 Å². The van der Waals surface area contributed by atoms with Crippen LogP contribution in [0.15, 0.2) is 18.2 Å². The number of rotatable bonds is 7. The SMILES string of the molecule is CC(CO)CNCc1ccc(OC(F)F)c(F)c1. The Morgan fingerprint density at radius 2 is 2.11 bits per heavy atom. The number of ether oxygens (including phenoxy) is 1. The number of hydrogen-bond donors (Lipinski definition) is 2. The number of benzene rings is 1. The fourth-order valence-corrected chi connectivity index (χ4v) is 1.37. The van der Waals surface area contributed by atoms with Gasteiger partial charge in [0.1, 0.15) is 0 Å². The fourth-order valence-electron chi connectivity index (χ4n) is 1.37. The van der Waals surface area contributed by atoms with Crippen LogP contribution in [0.4, 0.5) is 13.2 Å². The van der Waals surface area contributed by atoms with Crippen LogP contribution in [-0.2, 0) is 6.54 Å². The van der Waals surface area contributed by atoms with Gasteiger partial charge < -0.3 is 15.2 Å². The third-order valence-corrected chi connectivity index (χ3v) is 2.35. The third-order valence-electron chi connectivity index (χ3n) is 2.35. The van der Waals surface area contributed by atoms with E-state index >= 15 is 0 Å². The molecule has 1 atom stereocenters. The van der Waals surface area contributed by atoms with Gasteiger partial charge in [0.05, 0.1) is 0 Å². The van der Waals surface area contributed by atoms with E-state index in [1.54, 1.807) is 0 Å². The topological polar surface area (TPSA) is 41.5 Å². The minimum atomic E-state index is -3.03. The summed E-state index contributed by atoms with van der Waals surface area (Å²) in [6.07, 6.45) is 0. The van der Waals surface area contributed by atoms with E-state index in [4.69, 9.17) is 5.11 Å². The highest BCUT2D eigenvalue weighted by molar-refractivity contribution is 5.29. The van der Waals surface area contributed by atoms with E-state index in [2.05, 4.69) is 10.1 Å². The lowest BCUT2D eigenvalue weighted by Gasteiger charge is -2.10. The molecule has 0 fully saturated rings. The van der Waals surface area contributed by atoms with Gasteiger partial charge in [-0.25, -0.2) is 4.39 Å². The molecule has 0 aromatic heterocycles. The molecule has 3 nitrogen and oxygen atoms in total. The van der Waals surface area contributed by atoms with E-state index in [1.165, 1.54) is 12.1 Å². The van der Waals surface area contributed by atoms with Crippen LogP contribution in [0.2, 0.25) is 0 Å². The molecule has 0 heterocycles. The summed E-state index contributed by atoms with van der Waals surface area (Å²) in [5, 5.41) is 11.8. The van der Waals surface area contributed by atoms with Crippen LogP contribution in [-0.4, -0.2) is 24.9 Å². The first-order chi connectivity index (χ1) is 8.52. The predicted octanol–water partition coefficient (Wildman–Crippen LogP) is 2.15. The zero-order chi connectivity index (χ0) is 13.5. The van der Waals surface area contributed by atoms with E-state index in [-0.39, 0.29) is 12.5 Å². The second-order valence-corrected chi connectivity index (χ2v) is 4.06. The van der Waals surface area contributed by atoms with Gasteiger partial charge in [0, 0.05) is 19.7 Å². The maximum absolute atomic E-state index is 13.3. The first-order valence-corrected chi connectivity index (χ1v) is 5.57. The zero-order valence-electron chi connectivity index (χ0n) is 10.00. The van der Waals surface area contributed by atoms with Gasteiger partial charge in [-0.2, -0.15) is 8.78 Å². The van der Waals surface area contributed by atoms with E-state index in [0.29, 0.717) is 18.7 Å². The highest BCUT2D eigenvalue weighted by atomic mass is 19.3. The molecule has 102 valence electrons. The Kier molecular flexibility index (Phi) is 5.94. The Morgan fingerprint density at radius 3 is 2.67 bits per heavy atom. The van der Waals surface area contributed by atoms with Gasteiger partial charge in [0.15, 0.2) is 11.6 Å². The zero-order valence-corrected chi connectivity index (χ0v) is 10.00. The molecular weight excluding hydrogens is 247 g/mol. The van der Waals surface area contributed by atoms with Crippen molar-refractivity contribution in [2.24, 2.45) is 5.92 Å². The lowest BCUT2D eigenvalue weighted by Crippen LogP contribution is -2.22. The summed E-state index contributed by atoms with van der Waals surface area (Å²) < 4.78 is 41.1. The van der Waals surface area contributed by atoms with Gasteiger partial charge in [-0.15, -0.1) is 0 Å². The van der Waals surface area contributed by atoms with Crippen LogP contribution in [0.3, 0.4) is 0 Å². The van der Waals surface area contributed by atoms with Gasteiger partial charge in [0.25, 0.3) is 0 Å². The summed E-state index contributed by atoms with van der Waals surface area (Å²) in [4.78, 5) is 0. The smallest absolute Gasteiger partial charge is 0.387 e. The quantitative estimate of drug-likeness (QED) is 0.792. The standard InChI is InChI=1S/C12H16F3NO2/c1-8(7-17)5-16-6-9-2-3-11(10(13)4-9)18-12(14)15/h2-4,8,12,16-17H,5-7H2,1H3. The molecular formula is C12H16F3NO2. The molecule has 1 rings (SSSR count). The van der Waals surface area contributed by atoms with E-state index in [0.717, 1.165) is 6.07 Å². The maximum atomic E-state index is 13.3. The average Bonchev–Trinajstić information content (AvgIpc) is 2.32. The molecule has 0 spiro atoms. The van der Waals surface area contributed by atoms with Crippen LogP contribution in [0, 0.1) is 11.7 Å². The molecule has 0 aliphatic heterocycles. The van der Waals surface area contributed by atoms with Gasteiger partial charge in [0.2, 0.25) is 0 Å². The summed E-state index contributed by atoms with van der Waals surface area (Å²) in [6.45, 7) is -0.104. The lowest BCUT2D eigenvalue weighted by molar-refractivity contribution is -0.0522. The van der Waals surface area contributed by atoms with Crippen molar-refractivity contribution in [1.82, 2.24) is 5.32 Å². The summed E-state index contributed by atoms with van der Waals surface area (Å²) in [5.74, 6) is -1.17. The van der Waals surface area contributed by atoms with Crippen LogP contribution < -0.4 is 10.1 Å². The normalized spacial score (nSPS) is 12.8. The first kappa shape index (κ1) is 14.8. The van der Waals surface area contributed by atoms with Crippen molar-refractivity contribution in [1.29, 1.82) is 0 Å². The molecule has 18 heavy (non-hydrogen) atoms. The molecule has 0 radical (unpaired) electrons. The molecule has 0 aliphatic rings. The van der Waals surface area contributed by atoms with Crippen molar-refractivity contribution >= 4 is 0 Å². The highest BCUT2D eigenvalue weighted by Crippen LogP contribution is 2.20. The summed E-state index contributed by atoms with van der Waals surface area (Å²) in [7, 11) is 0. The monoisotopic (exact) mass is 263 g/mol. The van der Waals surface area contributed by atoms with Gasteiger partial charge in [-0.3, -0.25) is 0 Å². The van der Waals surface area contributed by atoms with Crippen molar-refractivity contribution in [3.63, 3.8) is 0 Å². The molecule has 0 saturated heterocycles. The molecule has 0 amide bonds. The molecule has 2 N–H and O–H groups in total. The van der Waals surface area contributed by atoms with Crippen molar-refractivity contribution in [2.75, 3.05) is 13.2 Å². The lowest BCUT2D eigenvalue weighted by atomic mass is 10.1. The van der Waals surface area contributed by atoms with E-state index in [9.17, 15) is 13.2 Å². The fraction of sp³-hybridized carbons (Fsp3) is 0.500. The highest BCUT2D eigenvalue weighted by Gasteiger charge is 2.10. The number of nitrogens with one attached hydrogen (secondary N) is 1. The third kappa shape index (κ3) is 4.93. The molecule has 0 saturated carbocycles. The van der Waals surface area contributed by atoms with Crippen molar-refractivity contribution in [2.45, 2.75) is 20.1 Å². The van der Waals surface area contributed by atoms with Crippen LogP contribution in [0.1, 0.15) is 12.5 Å². The molecule has 6 heteroatoms. The minimum absolute atomic E-state index is 0.0720. The molecule has 0 bridgehead atoms. The maximum Gasteiger partial charge on any atom is 0.387 e. The summed E-state index contributed by atoms with van der Waals surface area (Å²) in [5.41, 5.74) is 0.624. The molecule has 1 aromatic rings. The van der Waals surface area contributed by atoms with Gasteiger partial charge >= 0.3 is 6.61 Å². The van der Waals surface area contributed by atoms with Crippen LogP contribution in [0.25, 0.3) is 0 Å². The number of halogens is 3. The van der Waals surface area contributed by atoms with Crippen LogP contribution in [0.5, 0.6) is 5.75 Å². The van der Waals surface area contributed by atoms with E-state index < -0.39 is 18.2 Å². The Hall–Kier alpha value is -1.27. The number of aliphatic hydroxyl groups excluding tert-OH is 1. The second kappa shape index (κ2) is 7.23. The molecule has 0 aliphatic carbocycles. The minimum Gasteiger partial charge on any atom is -0.432 e. The first-order valence-electron chi connectivity index (χ1n) is 5.57. The Morgan fingerprint density at radius 1 is 1.39 bits per heavy atom.